The Morgan fingerprint density at radius 2 is 2.00 bits per heavy atom. The van der Waals surface area contributed by atoms with Crippen molar-refractivity contribution >= 4 is 22.9 Å². The molecule has 0 saturated carbocycles. The molecule has 3 N–H and O–H groups in total. The van der Waals surface area contributed by atoms with Crippen LogP contribution in [-0.4, -0.2) is 36.6 Å². The molecule has 0 aliphatic carbocycles. The molecular weight excluding hydrogens is 299 g/mol. The zero-order valence-electron chi connectivity index (χ0n) is 12.3. The van der Waals surface area contributed by atoms with Crippen molar-refractivity contribution < 1.29 is 13.2 Å². The number of hydrogen-bond donors (Lipinski definition) is 2. The summed E-state index contributed by atoms with van der Waals surface area (Å²) in [5.74, 6) is 0. The number of anilines is 1. The zero-order valence-corrected chi connectivity index (χ0v) is 13.1. The minimum Gasteiger partial charge on any atom is -0.389 e. The number of hydrogen-bond acceptors (Lipinski definition) is 3. The van der Waals surface area contributed by atoms with E-state index in [-0.39, 0.29) is 16.6 Å². The molecule has 0 saturated heterocycles. The first-order valence-corrected chi connectivity index (χ1v) is 6.94. The number of alkyl halides is 3. The summed E-state index contributed by atoms with van der Waals surface area (Å²) >= 11 is 4.67. The number of nitrogens with two attached hydrogens (primary N) is 1. The van der Waals surface area contributed by atoms with Crippen molar-refractivity contribution in [2.24, 2.45) is 5.73 Å². The molecule has 118 valence electrons. The van der Waals surface area contributed by atoms with Gasteiger partial charge >= 0.3 is 6.18 Å². The SMILES string of the molecule is CC(CCN(C)C)Nc1ccc(C(N)=S)c(C(F)(F)F)c1. The van der Waals surface area contributed by atoms with Crippen molar-refractivity contribution in [1.29, 1.82) is 0 Å². The highest BCUT2D eigenvalue weighted by atomic mass is 32.1. The molecule has 0 aromatic heterocycles. The summed E-state index contributed by atoms with van der Waals surface area (Å²) in [5, 5.41) is 3.07. The van der Waals surface area contributed by atoms with Gasteiger partial charge in [-0.3, -0.25) is 0 Å². The Balaban J connectivity index is 2.93. The second kappa shape index (κ2) is 7.09. The first-order chi connectivity index (χ1) is 9.61. The first kappa shape index (κ1) is 17.7. The summed E-state index contributed by atoms with van der Waals surface area (Å²) in [5.41, 5.74) is 4.80. The van der Waals surface area contributed by atoms with E-state index in [2.05, 4.69) is 17.5 Å². The van der Waals surface area contributed by atoms with Crippen LogP contribution >= 0.6 is 12.2 Å². The van der Waals surface area contributed by atoms with Crippen molar-refractivity contribution in [3.63, 3.8) is 0 Å². The molecule has 1 atom stereocenters. The summed E-state index contributed by atoms with van der Waals surface area (Å²) < 4.78 is 39.1. The van der Waals surface area contributed by atoms with Gasteiger partial charge in [-0.2, -0.15) is 13.2 Å². The number of nitrogens with zero attached hydrogens (tertiary/aromatic N) is 1. The smallest absolute Gasteiger partial charge is 0.389 e. The van der Waals surface area contributed by atoms with Crippen LogP contribution < -0.4 is 11.1 Å². The Morgan fingerprint density at radius 3 is 2.48 bits per heavy atom. The van der Waals surface area contributed by atoms with Crippen molar-refractivity contribution in [1.82, 2.24) is 4.90 Å². The van der Waals surface area contributed by atoms with Gasteiger partial charge in [0, 0.05) is 17.3 Å². The summed E-state index contributed by atoms with van der Waals surface area (Å²) in [6.45, 7) is 2.78. The van der Waals surface area contributed by atoms with Crippen LogP contribution in [0.2, 0.25) is 0 Å². The van der Waals surface area contributed by atoms with E-state index in [1.54, 1.807) is 6.07 Å². The largest absolute Gasteiger partial charge is 0.417 e. The molecule has 0 fully saturated rings. The standard InChI is InChI=1S/C14H20F3N3S/c1-9(6-7-20(2)3)19-10-4-5-11(13(18)21)12(8-10)14(15,16)17/h4-5,8-9,19H,6-7H2,1-3H3,(H2,18,21). The lowest BCUT2D eigenvalue weighted by Crippen LogP contribution is -2.23. The summed E-state index contributed by atoms with van der Waals surface area (Å²) in [6.07, 6.45) is -3.66. The average Bonchev–Trinajstić information content (AvgIpc) is 2.35. The quantitative estimate of drug-likeness (QED) is 0.791. The Kier molecular flexibility index (Phi) is 5.98. The van der Waals surface area contributed by atoms with Gasteiger partial charge in [0.1, 0.15) is 4.99 Å². The van der Waals surface area contributed by atoms with Crippen LogP contribution in [0.5, 0.6) is 0 Å². The van der Waals surface area contributed by atoms with E-state index in [9.17, 15) is 13.2 Å². The maximum atomic E-state index is 13.0. The van der Waals surface area contributed by atoms with Gasteiger partial charge in [-0.15, -0.1) is 0 Å². The molecule has 1 unspecified atom stereocenters. The minimum absolute atomic E-state index is 0.0594. The van der Waals surface area contributed by atoms with E-state index in [4.69, 9.17) is 5.73 Å². The highest BCUT2D eigenvalue weighted by Crippen LogP contribution is 2.34. The molecule has 1 aromatic carbocycles. The Labute approximate surface area is 128 Å². The Morgan fingerprint density at radius 1 is 1.38 bits per heavy atom. The molecule has 0 aliphatic heterocycles. The van der Waals surface area contributed by atoms with Crippen LogP contribution in [0, 0.1) is 0 Å². The maximum Gasteiger partial charge on any atom is 0.417 e. The third kappa shape index (κ3) is 5.51. The molecule has 0 heterocycles. The van der Waals surface area contributed by atoms with Crippen molar-refractivity contribution in [3.8, 4) is 0 Å². The zero-order chi connectivity index (χ0) is 16.2. The molecule has 3 nitrogen and oxygen atoms in total. The molecular formula is C14H20F3N3S. The lowest BCUT2D eigenvalue weighted by Gasteiger charge is -2.19. The van der Waals surface area contributed by atoms with Crippen molar-refractivity contribution in [3.05, 3.63) is 29.3 Å². The summed E-state index contributed by atoms with van der Waals surface area (Å²) in [4.78, 5) is 1.77. The Hall–Kier alpha value is -1.34. The van der Waals surface area contributed by atoms with Gasteiger partial charge in [-0.05, 0) is 52.2 Å². The predicted molar refractivity (Wildman–Crippen MR) is 83.6 cm³/mol. The van der Waals surface area contributed by atoms with Crippen molar-refractivity contribution in [2.75, 3.05) is 26.0 Å². The van der Waals surface area contributed by atoms with Gasteiger partial charge in [0.25, 0.3) is 0 Å². The molecule has 21 heavy (non-hydrogen) atoms. The molecule has 1 rings (SSSR count). The molecule has 1 aromatic rings. The number of benzene rings is 1. The minimum atomic E-state index is -4.48. The normalized spacial score (nSPS) is 13.3. The molecule has 0 bridgehead atoms. The lowest BCUT2D eigenvalue weighted by atomic mass is 10.1. The van der Waals surface area contributed by atoms with Gasteiger partial charge in [0.15, 0.2) is 0 Å². The monoisotopic (exact) mass is 319 g/mol. The van der Waals surface area contributed by atoms with E-state index in [0.29, 0.717) is 5.69 Å². The Bertz CT molecular complexity index is 501. The fourth-order valence-corrected chi connectivity index (χ4v) is 2.07. The van der Waals surface area contributed by atoms with E-state index in [1.807, 2.05) is 25.9 Å². The van der Waals surface area contributed by atoms with Crippen LogP contribution in [0.25, 0.3) is 0 Å². The number of rotatable bonds is 6. The highest BCUT2D eigenvalue weighted by Gasteiger charge is 2.34. The first-order valence-electron chi connectivity index (χ1n) is 6.53. The maximum absolute atomic E-state index is 13.0. The fraction of sp³-hybridized carbons (Fsp3) is 0.500. The molecule has 0 aliphatic rings. The summed E-state index contributed by atoms with van der Waals surface area (Å²) in [6, 6.07) is 3.99. The molecule has 0 amide bonds. The third-order valence-electron chi connectivity index (χ3n) is 3.01. The van der Waals surface area contributed by atoms with Gasteiger partial charge in [0.05, 0.1) is 5.56 Å². The van der Waals surface area contributed by atoms with Gasteiger partial charge < -0.3 is 16.0 Å². The van der Waals surface area contributed by atoms with Crippen LogP contribution in [0.4, 0.5) is 18.9 Å². The highest BCUT2D eigenvalue weighted by molar-refractivity contribution is 7.80. The van der Waals surface area contributed by atoms with E-state index >= 15 is 0 Å². The van der Waals surface area contributed by atoms with Gasteiger partial charge in [0.2, 0.25) is 0 Å². The van der Waals surface area contributed by atoms with Gasteiger partial charge in [-0.25, -0.2) is 0 Å². The molecule has 0 radical (unpaired) electrons. The second-order valence-corrected chi connectivity index (χ2v) is 5.70. The number of nitrogens with one attached hydrogen (secondary N) is 1. The average molecular weight is 319 g/mol. The van der Waals surface area contributed by atoms with Crippen LogP contribution in [-0.2, 0) is 6.18 Å². The third-order valence-corrected chi connectivity index (χ3v) is 3.23. The van der Waals surface area contributed by atoms with Gasteiger partial charge in [-0.1, -0.05) is 12.2 Å². The van der Waals surface area contributed by atoms with Crippen LogP contribution in [0.3, 0.4) is 0 Å². The predicted octanol–water partition coefficient (Wildman–Crippen LogP) is 3.09. The number of thiocarbonyl (C=S) groups is 1. The lowest BCUT2D eigenvalue weighted by molar-refractivity contribution is -0.137. The van der Waals surface area contributed by atoms with E-state index in [1.165, 1.54) is 6.07 Å². The summed E-state index contributed by atoms with van der Waals surface area (Å²) in [7, 11) is 3.90. The number of halogens is 3. The van der Waals surface area contributed by atoms with Crippen LogP contribution in [0.1, 0.15) is 24.5 Å². The van der Waals surface area contributed by atoms with Crippen LogP contribution in [0.15, 0.2) is 18.2 Å². The molecule has 0 spiro atoms. The fourth-order valence-electron chi connectivity index (χ4n) is 1.89. The second-order valence-electron chi connectivity index (χ2n) is 5.26. The van der Waals surface area contributed by atoms with Crippen molar-refractivity contribution in [2.45, 2.75) is 25.6 Å². The van der Waals surface area contributed by atoms with E-state index in [0.717, 1.165) is 19.0 Å². The van der Waals surface area contributed by atoms with E-state index < -0.39 is 11.7 Å². The molecule has 7 heteroatoms. The topological polar surface area (TPSA) is 41.3 Å².